The molecule has 1 aromatic rings. The minimum atomic E-state index is -0.171. The van der Waals surface area contributed by atoms with Gasteiger partial charge in [-0.1, -0.05) is 17.7 Å². The third kappa shape index (κ3) is 1.30. The number of anilines is 1. The van der Waals surface area contributed by atoms with Crippen molar-refractivity contribution in [3.63, 3.8) is 0 Å². The standard InChI is InChI=1S/C10H13ClN2/c1-6-8(12)3-2-7(9(6)11)10(13)4-5-10/h2-3H,4-5,12-13H2,1H3. The topological polar surface area (TPSA) is 52.0 Å². The third-order valence-corrected chi connectivity index (χ3v) is 3.24. The zero-order valence-electron chi connectivity index (χ0n) is 7.60. The summed E-state index contributed by atoms with van der Waals surface area (Å²) in [5.74, 6) is 0. The first-order valence-corrected chi connectivity index (χ1v) is 4.76. The van der Waals surface area contributed by atoms with Crippen LogP contribution in [0, 0.1) is 6.92 Å². The van der Waals surface area contributed by atoms with Crippen molar-refractivity contribution >= 4 is 17.3 Å². The molecule has 1 aromatic carbocycles. The second kappa shape index (κ2) is 2.63. The fourth-order valence-corrected chi connectivity index (χ4v) is 1.85. The van der Waals surface area contributed by atoms with E-state index >= 15 is 0 Å². The van der Waals surface area contributed by atoms with E-state index in [9.17, 15) is 0 Å². The molecule has 0 atom stereocenters. The molecule has 0 aliphatic heterocycles. The van der Waals surface area contributed by atoms with Crippen LogP contribution in [0.4, 0.5) is 5.69 Å². The Morgan fingerprint density at radius 2 is 2.00 bits per heavy atom. The van der Waals surface area contributed by atoms with E-state index in [1.165, 1.54) is 0 Å². The SMILES string of the molecule is Cc1c(N)ccc(C2(N)CC2)c1Cl. The molecule has 0 bridgehead atoms. The molecule has 70 valence electrons. The van der Waals surface area contributed by atoms with Gasteiger partial charge in [-0.2, -0.15) is 0 Å². The monoisotopic (exact) mass is 196 g/mol. The summed E-state index contributed by atoms with van der Waals surface area (Å²) in [4.78, 5) is 0. The van der Waals surface area contributed by atoms with Gasteiger partial charge in [-0.25, -0.2) is 0 Å². The Morgan fingerprint density at radius 1 is 1.38 bits per heavy atom. The van der Waals surface area contributed by atoms with Crippen molar-refractivity contribution in [2.45, 2.75) is 25.3 Å². The highest BCUT2D eigenvalue weighted by Crippen LogP contribution is 2.46. The maximum Gasteiger partial charge on any atom is 0.0506 e. The number of benzene rings is 1. The molecule has 0 saturated heterocycles. The third-order valence-electron chi connectivity index (χ3n) is 2.75. The fourth-order valence-electron chi connectivity index (χ4n) is 1.49. The largest absolute Gasteiger partial charge is 0.398 e. The summed E-state index contributed by atoms with van der Waals surface area (Å²) in [5, 5.41) is 0.736. The second-order valence-corrected chi connectivity index (χ2v) is 4.18. The summed E-state index contributed by atoms with van der Waals surface area (Å²) in [5.41, 5.74) is 14.3. The van der Waals surface area contributed by atoms with Crippen LogP contribution < -0.4 is 11.5 Å². The Bertz CT molecular complexity index is 356. The molecule has 0 aromatic heterocycles. The lowest BCUT2D eigenvalue weighted by molar-refractivity contribution is 0.739. The normalized spacial score (nSPS) is 18.7. The summed E-state index contributed by atoms with van der Waals surface area (Å²) in [6.45, 7) is 1.92. The first kappa shape index (κ1) is 8.85. The number of nitrogens with two attached hydrogens (primary N) is 2. The van der Waals surface area contributed by atoms with Gasteiger partial charge in [-0.15, -0.1) is 0 Å². The Morgan fingerprint density at radius 3 is 2.54 bits per heavy atom. The molecule has 1 saturated carbocycles. The van der Waals surface area contributed by atoms with Crippen molar-refractivity contribution in [1.82, 2.24) is 0 Å². The van der Waals surface area contributed by atoms with E-state index < -0.39 is 0 Å². The summed E-state index contributed by atoms with van der Waals surface area (Å²) in [6.07, 6.45) is 2.05. The highest BCUT2D eigenvalue weighted by molar-refractivity contribution is 6.32. The van der Waals surface area contributed by atoms with Gasteiger partial charge in [0.2, 0.25) is 0 Å². The lowest BCUT2D eigenvalue weighted by Gasteiger charge is -2.14. The molecule has 3 heteroatoms. The van der Waals surface area contributed by atoms with Crippen molar-refractivity contribution in [2.24, 2.45) is 5.73 Å². The first-order chi connectivity index (χ1) is 6.04. The molecular formula is C10H13ClN2. The maximum atomic E-state index is 6.16. The zero-order chi connectivity index (χ0) is 9.64. The van der Waals surface area contributed by atoms with Crippen LogP contribution in [-0.4, -0.2) is 0 Å². The zero-order valence-corrected chi connectivity index (χ0v) is 8.36. The lowest BCUT2D eigenvalue weighted by atomic mass is 10.0. The summed E-state index contributed by atoms with van der Waals surface area (Å²) in [7, 11) is 0. The molecule has 0 unspecified atom stereocenters. The van der Waals surface area contributed by atoms with Crippen molar-refractivity contribution in [2.75, 3.05) is 5.73 Å². The Labute approximate surface area is 82.9 Å². The van der Waals surface area contributed by atoms with Gasteiger partial charge in [0.05, 0.1) is 5.02 Å². The second-order valence-electron chi connectivity index (χ2n) is 3.80. The molecule has 0 spiro atoms. The van der Waals surface area contributed by atoms with Gasteiger partial charge in [-0.3, -0.25) is 0 Å². The highest BCUT2D eigenvalue weighted by atomic mass is 35.5. The van der Waals surface area contributed by atoms with Gasteiger partial charge in [-0.05, 0) is 37.0 Å². The number of hydrogen-bond acceptors (Lipinski definition) is 2. The molecule has 2 rings (SSSR count). The van der Waals surface area contributed by atoms with Crippen LogP contribution in [0.15, 0.2) is 12.1 Å². The van der Waals surface area contributed by atoms with E-state index in [0.717, 1.165) is 34.7 Å². The van der Waals surface area contributed by atoms with Crippen molar-refractivity contribution in [3.05, 3.63) is 28.3 Å². The first-order valence-electron chi connectivity index (χ1n) is 4.38. The molecule has 1 fully saturated rings. The van der Waals surface area contributed by atoms with E-state index in [4.69, 9.17) is 23.1 Å². The van der Waals surface area contributed by atoms with E-state index in [0.29, 0.717) is 0 Å². The lowest BCUT2D eigenvalue weighted by Crippen LogP contribution is -2.19. The van der Waals surface area contributed by atoms with Crippen LogP contribution in [0.5, 0.6) is 0 Å². The van der Waals surface area contributed by atoms with Gasteiger partial charge in [0.15, 0.2) is 0 Å². The van der Waals surface area contributed by atoms with Crippen LogP contribution in [0.2, 0.25) is 5.02 Å². The molecule has 1 aliphatic carbocycles. The number of nitrogen functional groups attached to an aromatic ring is 1. The van der Waals surface area contributed by atoms with Gasteiger partial charge in [0.1, 0.15) is 0 Å². The molecule has 0 amide bonds. The molecule has 0 heterocycles. The van der Waals surface area contributed by atoms with E-state index in [1.807, 2.05) is 19.1 Å². The number of halogens is 1. The van der Waals surface area contributed by atoms with Gasteiger partial charge in [0.25, 0.3) is 0 Å². The van der Waals surface area contributed by atoms with Crippen LogP contribution in [0.3, 0.4) is 0 Å². The maximum absolute atomic E-state index is 6.16. The van der Waals surface area contributed by atoms with Crippen LogP contribution in [0.25, 0.3) is 0 Å². The average molecular weight is 197 g/mol. The molecule has 1 aliphatic rings. The minimum Gasteiger partial charge on any atom is -0.398 e. The van der Waals surface area contributed by atoms with Crippen LogP contribution in [-0.2, 0) is 5.54 Å². The Hall–Kier alpha value is -0.730. The average Bonchev–Trinajstić information content (AvgIpc) is 2.80. The van der Waals surface area contributed by atoms with Gasteiger partial charge < -0.3 is 11.5 Å². The molecule has 2 nitrogen and oxygen atoms in total. The van der Waals surface area contributed by atoms with Crippen LogP contribution in [0.1, 0.15) is 24.0 Å². The van der Waals surface area contributed by atoms with Crippen molar-refractivity contribution in [1.29, 1.82) is 0 Å². The quantitative estimate of drug-likeness (QED) is 0.677. The number of hydrogen-bond donors (Lipinski definition) is 2. The molecule has 0 radical (unpaired) electrons. The Balaban J connectivity index is 2.54. The van der Waals surface area contributed by atoms with Gasteiger partial charge in [0, 0.05) is 11.2 Å². The van der Waals surface area contributed by atoms with Crippen molar-refractivity contribution in [3.8, 4) is 0 Å². The van der Waals surface area contributed by atoms with E-state index in [2.05, 4.69) is 0 Å². The number of rotatable bonds is 1. The summed E-state index contributed by atoms with van der Waals surface area (Å²) < 4.78 is 0. The predicted octanol–water partition coefficient (Wildman–Crippen LogP) is 2.18. The highest BCUT2D eigenvalue weighted by Gasteiger charge is 2.41. The Kier molecular flexibility index (Phi) is 1.79. The van der Waals surface area contributed by atoms with Crippen LogP contribution >= 0.6 is 11.6 Å². The molecule has 13 heavy (non-hydrogen) atoms. The summed E-state index contributed by atoms with van der Waals surface area (Å²) in [6, 6.07) is 3.82. The minimum absolute atomic E-state index is 0.171. The molecule has 4 N–H and O–H groups in total. The van der Waals surface area contributed by atoms with E-state index in [1.54, 1.807) is 0 Å². The fraction of sp³-hybridized carbons (Fsp3) is 0.400. The smallest absolute Gasteiger partial charge is 0.0506 e. The van der Waals surface area contributed by atoms with Crippen molar-refractivity contribution < 1.29 is 0 Å². The summed E-state index contributed by atoms with van der Waals surface area (Å²) >= 11 is 6.16. The van der Waals surface area contributed by atoms with E-state index in [-0.39, 0.29) is 5.54 Å². The predicted molar refractivity (Wildman–Crippen MR) is 55.7 cm³/mol. The van der Waals surface area contributed by atoms with Gasteiger partial charge >= 0.3 is 0 Å². The molecular weight excluding hydrogens is 184 g/mol.